The molecule has 0 spiro atoms. The molecule has 1 heterocycles. The van der Waals surface area contributed by atoms with Crippen LogP contribution in [0.2, 0.25) is 0 Å². The number of rotatable bonds is 4. The Hall–Kier alpha value is -1.67. The highest BCUT2D eigenvalue weighted by Crippen LogP contribution is 2.18. The number of amides is 2. The number of aromatic nitrogens is 1. The molecule has 21 heavy (non-hydrogen) atoms. The Labute approximate surface area is 126 Å². The number of urea groups is 1. The lowest BCUT2D eigenvalue weighted by molar-refractivity contribution is 0.0691. The van der Waals surface area contributed by atoms with Crippen molar-refractivity contribution in [2.45, 2.75) is 50.8 Å². The predicted octanol–water partition coefficient (Wildman–Crippen LogP) is 1.33. The van der Waals surface area contributed by atoms with Gasteiger partial charge in [0.1, 0.15) is 5.01 Å². The van der Waals surface area contributed by atoms with Gasteiger partial charge in [-0.3, -0.25) is 0 Å². The molecule has 116 valence electrons. The van der Waals surface area contributed by atoms with E-state index >= 15 is 0 Å². The van der Waals surface area contributed by atoms with E-state index in [-0.39, 0.29) is 24.3 Å². The molecule has 2 rings (SSSR count). The number of hydrogen-bond acceptors (Lipinski definition) is 5. The van der Waals surface area contributed by atoms with E-state index in [1.807, 2.05) is 0 Å². The summed E-state index contributed by atoms with van der Waals surface area (Å²) in [5.74, 6) is -1.08. The van der Waals surface area contributed by atoms with Crippen molar-refractivity contribution in [1.29, 1.82) is 0 Å². The monoisotopic (exact) mass is 313 g/mol. The van der Waals surface area contributed by atoms with Crippen molar-refractivity contribution < 1.29 is 19.8 Å². The van der Waals surface area contributed by atoms with E-state index in [9.17, 15) is 14.7 Å². The van der Waals surface area contributed by atoms with Gasteiger partial charge < -0.3 is 20.8 Å². The molecule has 0 radical (unpaired) electrons. The minimum atomic E-state index is -1.08. The number of carbonyl (C=O) groups is 2. The first-order chi connectivity index (χ1) is 10.1. The molecule has 1 fully saturated rings. The standard InChI is InChI=1S/C13H19N3O4S/c17-10-5-3-1-2-4-8(10)16-13(20)14-6-11-15-9(7-21-11)12(18)19/h7-8,10,17H,1-6H2,(H,18,19)(H2,14,16,20). The first-order valence-corrected chi connectivity index (χ1v) is 7.84. The van der Waals surface area contributed by atoms with Crippen molar-refractivity contribution in [3.8, 4) is 0 Å². The molecule has 1 aromatic heterocycles. The fourth-order valence-electron chi connectivity index (χ4n) is 2.32. The average Bonchev–Trinajstić information content (AvgIpc) is 2.84. The van der Waals surface area contributed by atoms with Crippen molar-refractivity contribution in [2.24, 2.45) is 0 Å². The lowest BCUT2D eigenvalue weighted by atomic mass is 10.1. The van der Waals surface area contributed by atoms with E-state index in [0.717, 1.165) is 25.7 Å². The van der Waals surface area contributed by atoms with E-state index in [2.05, 4.69) is 15.6 Å². The topological polar surface area (TPSA) is 112 Å². The molecule has 1 aliphatic carbocycles. The molecule has 0 aromatic carbocycles. The summed E-state index contributed by atoms with van der Waals surface area (Å²) in [7, 11) is 0. The Morgan fingerprint density at radius 1 is 1.33 bits per heavy atom. The van der Waals surface area contributed by atoms with E-state index in [1.54, 1.807) is 0 Å². The van der Waals surface area contributed by atoms with Crippen LogP contribution in [0.25, 0.3) is 0 Å². The lowest BCUT2D eigenvalue weighted by Crippen LogP contribution is -2.47. The Morgan fingerprint density at radius 2 is 2.10 bits per heavy atom. The summed E-state index contributed by atoms with van der Waals surface area (Å²) in [5, 5.41) is 26.1. The smallest absolute Gasteiger partial charge is 0.355 e. The second kappa shape index (κ2) is 7.37. The molecule has 0 aliphatic heterocycles. The maximum Gasteiger partial charge on any atom is 0.355 e. The third kappa shape index (κ3) is 4.68. The summed E-state index contributed by atoms with van der Waals surface area (Å²) >= 11 is 1.19. The Balaban J connectivity index is 1.79. The van der Waals surface area contributed by atoms with Gasteiger partial charge in [-0.2, -0.15) is 0 Å². The number of nitrogens with zero attached hydrogens (tertiary/aromatic N) is 1. The van der Waals surface area contributed by atoms with Crippen molar-refractivity contribution in [3.63, 3.8) is 0 Å². The van der Waals surface area contributed by atoms with Crippen molar-refractivity contribution in [3.05, 3.63) is 16.1 Å². The number of hydrogen-bond donors (Lipinski definition) is 4. The maximum atomic E-state index is 11.8. The third-order valence-corrected chi connectivity index (χ3v) is 4.32. The van der Waals surface area contributed by atoms with Gasteiger partial charge in [-0.15, -0.1) is 11.3 Å². The molecule has 1 saturated carbocycles. The highest BCUT2D eigenvalue weighted by Gasteiger charge is 2.23. The largest absolute Gasteiger partial charge is 0.476 e. The van der Waals surface area contributed by atoms with Crippen LogP contribution in [0.4, 0.5) is 4.79 Å². The van der Waals surface area contributed by atoms with Gasteiger partial charge >= 0.3 is 12.0 Å². The number of nitrogens with one attached hydrogen (secondary N) is 2. The van der Waals surface area contributed by atoms with Crippen LogP contribution in [0.3, 0.4) is 0 Å². The van der Waals surface area contributed by atoms with Crippen molar-refractivity contribution in [1.82, 2.24) is 15.6 Å². The van der Waals surface area contributed by atoms with E-state index in [4.69, 9.17) is 5.11 Å². The van der Waals surface area contributed by atoms with E-state index < -0.39 is 12.1 Å². The molecule has 2 atom stereocenters. The van der Waals surface area contributed by atoms with Crippen molar-refractivity contribution in [2.75, 3.05) is 0 Å². The van der Waals surface area contributed by atoms with Crippen LogP contribution in [0.15, 0.2) is 5.38 Å². The van der Waals surface area contributed by atoms with Gasteiger partial charge in [0.25, 0.3) is 0 Å². The Kier molecular flexibility index (Phi) is 5.51. The highest BCUT2D eigenvalue weighted by molar-refractivity contribution is 7.09. The molecular formula is C13H19N3O4S. The number of carboxylic acids is 1. The molecule has 8 heteroatoms. The number of aliphatic hydroxyl groups is 1. The number of aromatic carboxylic acids is 1. The Morgan fingerprint density at radius 3 is 2.81 bits per heavy atom. The molecule has 2 unspecified atom stereocenters. The minimum absolute atomic E-state index is 0.0172. The van der Waals surface area contributed by atoms with Crippen LogP contribution in [0.1, 0.15) is 47.6 Å². The first kappa shape index (κ1) is 15.7. The second-order valence-electron chi connectivity index (χ2n) is 5.07. The van der Waals surface area contributed by atoms with Gasteiger partial charge in [-0.25, -0.2) is 14.6 Å². The van der Waals surface area contributed by atoms with Gasteiger partial charge in [-0.1, -0.05) is 19.3 Å². The molecule has 7 nitrogen and oxygen atoms in total. The van der Waals surface area contributed by atoms with Gasteiger partial charge in [0.05, 0.1) is 18.7 Å². The summed E-state index contributed by atoms with van der Waals surface area (Å²) in [6.07, 6.45) is 4.04. The normalized spacial score (nSPS) is 22.3. The Bertz CT molecular complexity index is 505. The van der Waals surface area contributed by atoms with Crippen LogP contribution in [-0.4, -0.2) is 39.3 Å². The van der Waals surface area contributed by atoms with Gasteiger partial charge in [0.2, 0.25) is 0 Å². The van der Waals surface area contributed by atoms with Crippen molar-refractivity contribution >= 4 is 23.3 Å². The van der Waals surface area contributed by atoms with E-state index in [1.165, 1.54) is 16.7 Å². The zero-order valence-corrected chi connectivity index (χ0v) is 12.4. The summed E-state index contributed by atoms with van der Waals surface area (Å²) in [4.78, 5) is 26.4. The molecular weight excluding hydrogens is 294 g/mol. The quantitative estimate of drug-likeness (QED) is 0.627. The average molecular weight is 313 g/mol. The van der Waals surface area contributed by atoms with E-state index in [0.29, 0.717) is 11.4 Å². The van der Waals surface area contributed by atoms with Crippen LogP contribution >= 0.6 is 11.3 Å². The van der Waals surface area contributed by atoms with Gasteiger partial charge in [0.15, 0.2) is 5.69 Å². The number of carboxylic acid groups (broad SMARTS) is 1. The molecule has 1 aliphatic rings. The fraction of sp³-hybridized carbons (Fsp3) is 0.615. The van der Waals surface area contributed by atoms with Crippen LogP contribution in [0, 0.1) is 0 Å². The zero-order valence-electron chi connectivity index (χ0n) is 11.5. The number of aliphatic hydroxyl groups excluding tert-OH is 1. The van der Waals surface area contributed by atoms with Gasteiger partial charge in [-0.05, 0) is 12.8 Å². The summed E-state index contributed by atoms with van der Waals surface area (Å²) in [5.41, 5.74) is -0.0172. The molecule has 2 amide bonds. The maximum absolute atomic E-state index is 11.8. The number of carbonyl (C=O) groups excluding carboxylic acids is 1. The third-order valence-electron chi connectivity index (χ3n) is 3.47. The SMILES string of the molecule is O=C(NCc1nc(C(=O)O)cs1)NC1CCCCCC1O. The fourth-order valence-corrected chi connectivity index (χ4v) is 3.03. The number of thiazole rings is 1. The summed E-state index contributed by atoms with van der Waals surface area (Å²) in [6, 6.07) is -0.591. The highest BCUT2D eigenvalue weighted by atomic mass is 32.1. The summed E-state index contributed by atoms with van der Waals surface area (Å²) in [6.45, 7) is 0.173. The molecule has 0 saturated heterocycles. The zero-order chi connectivity index (χ0) is 15.2. The second-order valence-corrected chi connectivity index (χ2v) is 6.01. The first-order valence-electron chi connectivity index (χ1n) is 6.96. The molecule has 4 N–H and O–H groups in total. The minimum Gasteiger partial charge on any atom is -0.476 e. The lowest BCUT2D eigenvalue weighted by Gasteiger charge is -2.21. The van der Waals surface area contributed by atoms with Crippen LogP contribution < -0.4 is 10.6 Å². The predicted molar refractivity (Wildman–Crippen MR) is 77.3 cm³/mol. The van der Waals surface area contributed by atoms with Crippen LogP contribution in [0.5, 0.6) is 0 Å². The molecule has 1 aromatic rings. The molecule has 0 bridgehead atoms. The van der Waals surface area contributed by atoms with Crippen LogP contribution in [-0.2, 0) is 6.54 Å². The summed E-state index contributed by atoms with van der Waals surface area (Å²) < 4.78 is 0. The van der Waals surface area contributed by atoms with Gasteiger partial charge in [0, 0.05) is 5.38 Å².